The molecule has 2 unspecified atom stereocenters. The van der Waals surface area contributed by atoms with E-state index in [9.17, 15) is 13.2 Å². The summed E-state index contributed by atoms with van der Waals surface area (Å²) < 4.78 is 47.9. The lowest BCUT2D eigenvalue weighted by Crippen LogP contribution is -2.12. The van der Waals surface area contributed by atoms with Crippen LogP contribution in [0.3, 0.4) is 0 Å². The molecule has 0 N–H and O–H groups in total. The van der Waals surface area contributed by atoms with Gasteiger partial charge < -0.3 is 9.47 Å². The summed E-state index contributed by atoms with van der Waals surface area (Å²) in [5, 5.41) is -1.12. The smallest absolute Gasteiger partial charge is 0.390 e. The third-order valence-electron chi connectivity index (χ3n) is 2.79. The highest BCUT2D eigenvalue weighted by Gasteiger charge is 2.32. The van der Waals surface area contributed by atoms with Crippen LogP contribution in [-0.2, 0) is 0 Å². The van der Waals surface area contributed by atoms with E-state index < -0.39 is 18.0 Å². The van der Waals surface area contributed by atoms with Crippen molar-refractivity contribution in [1.82, 2.24) is 0 Å². The monoisotopic (exact) mass is 294 g/mol. The lowest BCUT2D eigenvalue weighted by molar-refractivity contribution is -0.134. The molecule has 0 saturated heterocycles. The molecule has 19 heavy (non-hydrogen) atoms. The fraction of sp³-hybridized carbons (Fsp3) is 0.538. The van der Waals surface area contributed by atoms with Gasteiger partial charge in [0, 0.05) is 5.92 Å². The zero-order valence-electron chi connectivity index (χ0n) is 10.3. The molecule has 106 valence electrons. The number of fused-ring (bicyclic) bond motifs is 1. The van der Waals surface area contributed by atoms with Gasteiger partial charge in [0.1, 0.15) is 0 Å². The van der Waals surface area contributed by atoms with Crippen molar-refractivity contribution >= 4 is 11.6 Å². The molecule has 0 bridgehead atoms. The molecule has 0 aliphatic carbocycles. The van der Waals surface area contributed by atoms with Crippen molar-refractivity contribution in [3.63, 3.8) is 0 Å². The van der Waals surface area contributed by atoms with Crippen molar-refractivity contribution in [2.45, 2.75) is 24.9 Å². The van der Waals surface area contributed by atoms with Gasteiger partial charge in [0.25, 0.3) is 0 Å². The summed E-state index contributed by atoms with van der Waals surface area (Å²) in [7, 11) is 0. The van der Waals surface area contributed by atoms with Crippen molar-refractivity contribution in [3.05, 3.63) is 23.8 Å². The quantitative estimate of drug-likeness (QED) is 0.756. The second-order valence-corrected chi connectivity index (χ2v) is 5.25. The number of hydrogen-bond acceptors (Lipinski definition) is 2. The Hall–Kier alpha value is -1.10. The van der Waals surface area contributed by atoms with E-state index in [0.717, 1.165) is 0 Å². The van der Waals surface area contributed by atoms with Gasteiger partial charge in [-0.2, -0.15) is 13.2 Å². The van der Waals surface area contributed by atoms with Crippen LogP contribution in [0.5, 0.6) is 11.5 Å². The lowest BCUT2D eigenvalue weighted by Gasteiger charge is -2.14. The summed E-state index contributed by atoms with van der Waals surface area (Å²) in [5.41, 5.74) is 0.385. The number of hydrogen-bond donors (Lipinski definition) is 0. The molecule has 1 aromatic carbocycles. The summed E-state index contributed by atoms with van der Waals surface area (Å²) in [6.45, 7) is 2.97. The fourth-order valence-electron chi connectivity index (χ4n) is 1.78. The van der Waals surface area contributed by atoms with Gasteiger partial charge in [-0.25, -0.2) is 0 Å². The number of benzene rings is 1. The van der Waals surface area contributed by atoms with Gasteiger partial charge in [0.05, 0.1) is 25.0 Å². The molecule has 0 radical (unpaired) electrons. The highest BCUT2D eigenvalue weighted by Crippen LogP contribution is 2.38. The Morgan fingerprint density at radius 1 is 1.26 bits per heavy atom. The van der Waals surface area contributed by atoms with Crippen LogP contribution in [0.2, 0.25) is 0 Å². The summed E-state index contributed by atoms with van der Waals surface area (Å²) in [5.74, 6) is 1.23. The number of alkyl halides is 4. The van der Waals surface area contributed by atoms with E-state index in [2.05, 4.69) is 0 Å². The molecule has 2 nitrogen and oxygen atoms in total. The maximum atomic E-state index is 12.3. The summed E-state index contributed by atoms with van der Waals surface area (Å²) >= 11 is 5.79. The van der Waals surface area contributed by atoms with E-state index in [1.807, 2.05) is 6.92 Å². The Morgan fingerprint density at radius 3 is 2.53 bits per heavy atom. The minimum absolute atomic E-state index is 0.234. The van der Waals surface area contributed by atoms with Crippen LogP contribution >= 0.6 is 11.6 Å². The second kappa shape index (κ2) is 5.49. The van der Waals surface area contributed by atoms with E-state index in [0.29, 0.717) is 30.3 Å². The van der Waals surface area contributed by atoms with Crippen LogP contribution in [0.4, 0.5) is 13.2 Å². The first-order valence-electron chi connectivity index (χ1n) is 5.95. The average molecular weight is 295 g/mol. The first-order valence-corrected chi connectivity index (χ1v) is 6.39. The molecule has 0 amide bonds. The third kappa shape index (κ3) is 3.93. The zero-order valence-corrected chi connectivity index (χ0v) is 11.1. The number of halogens is 4. The first-order chi connectivity index (χ1) is 8.85. The normalized spacial score (nSPS) is 20.8. The van der Waals surface area contributed by atoms with E-state index >= 15 is 0 Å². The number of ether oxygens (including phenoxy) is 2. The molecule has 2 rings (SSSR count). The van der Waals surface area contributed by atoms with Gasteiger partial charge in [0.2, 0.25) is 0 Å². The Labute approximate surface area is 114 Å². The molecule has 2 atom stereocenters. The van der Waals surface area contributed by atoms with E-state index in [1.165, 1.54) is 6.07 Å². The standard InChI is InChI=1S/C13H14ClF3O2/c1-8-6-18-11-3-2-9(4-12(11)19-7-8)10(14)5-13(15,16)17/h2-4,8,10H,5-7H2,1H3. The lowest BCUT2D eigenvalue weighted by atomic mass is 10.1. The minimum Gasteiger partial charge on any atom is -0.489 e. The fourth-order valence-corrected chi connectivity index (χ4v) is 2.10. The van der Waals surface area contributed by atoms with Gasteiger partial charge >= 0.3 is 6.18 Å². The topological polar surface area (TPSA) is 18.5 Å². The van der Waals surface area contributed by atoms with Crippen LogP contribution < -0.4 is 9.47 Å². The summed E-state index contributed by atoms with van der Waals surface area (Å²) in [6.07, 6.45) is -5.35. The van der Waals surface area contributed by atoms with Gasteiger partial charge in [-0.15, -0.1) is 11.6 Å². The van der Waals surface area contributed by atoms with E-state index in [4.69, 9.17) is 21.1 Å². The van der Waals surface area contributed by atoms with Crippen molar-refractivity contribution in [2.24, 2.45) is 5.92 Å². The summed E-state index contributed by atoms with van der Waals surface area (Å²) in [4.78, 5) is 0. The van der Waals surface area contributed by atoms with Gasteiger partial charge in [-0.3, -0.25) is 0 Å². The largest absolute Gasteiger partial charge is 0.489 e. The zero-order chi connectivity index (χ0) is 14.0. The first kappa shape index (κ1) is 14.3. The van der Waals surface area contributed by atoms with Crippen LogP contribution in [-0.4, -0.2) is 19.4 Å². The maximum absolute atomic E-state index is 12.3. The van der Waals surface area contributed by atoms with E-state index in [-0.39, 0.29) is 5.92 Å². The Kier molecular flexibility index (Phi) is 4.13. The van der Waals surface area contributed by atoms with Gasteiger partial charge in [-0.05, 0) is 17.7 Å². The van der Waals surface area contributed by atoms with Crippen LogP contribution in [0.25, 0.3) is 0 Å². The van der Waals surface area contributed by atoms with Crippen LogP contribution in [0.1, 0.15) is 24.3 Å². The molecule has 0 fully saturated rings. The highest BCUT2D eigenvalue weighted by molar-refractivity contribution is 6.20. The molecule has 1 aliphatic rings. The minimum atomic E-state index is -4.29. The number of rotatable bonds is 2. The predicted octanol–water partition coefficient (Wildman–Crippen LogP) is 4.33. The van der Waals surface area contributed by atoms with Crippen molar-refractivity contribution in [2.75, 3.05) is 13.2 Å². The van der Waals surface area contributed by atoms with E-state index in [1.54, 1.807) is 12.1 Å². The van der Waals surface area contributed by atoms with Crippen molar-refractivity contribution in [3.8, 4) is 11.5 Å². The van der Waals surface area contributed by atoms with Crippen molar-refractivity contribution in [1.29, 1.82) is 0 Å². The molecule has 0 spiro atoms. The molecule has 0 aromatic heterocycles. The predicted molar refractivity (Wildman–Crippen MR) is 65.9 cm³/mol. The highest BCUT2D eigenvalue weighted by atomic mass is 35.5. The molecular formula is C13H14ClF3O2. The molecule has 1 heterocycles. The molecular weight excluding hydrogens is 281 g/mol. The second-order valence-electron chi connectivity index (χ2n) is 4.72. The average Bonchev–Trinajstić information content (AvgIpc) is 2.49. The molecule has 6 heteroatoms. The SMILES string of the molecule is CC1COc2ccc(C(Cl)CC(F)(F)F)cc2OC1. The van der Waals surface area contributed by atoms with Gasteiger partial charge in [0.15, 0.2) is 11.5 Å². The third-order valence-corrected chi connectivity index (χ3v) is 3.19. The van der Waals surface area contributed by atoms with Crippen LogP contribution in [0, 0.1) is 5.92 Å². The molecule has 1 aromatic rings. The van der Waals surface area contributed by atoms with Gasteiger partial charge in [-0.1, -0.05) is 13.0 Å². The maximum Gasteiger partial charge on any atom is 0.390 e. The Balaban J connectivity index is 2.17. The Morgan fingerprint density at radius 2 is 1.89 bits per heavy atom. The summed E-state index contributed by atoms with van der Waals surface area (Å²) in [6, 6.07) is 4.67. The Bertz CT molecular complexity index is 448. The molecule has 0 saturated carbocycles. The van der Waals surface area contributed by atoms with Crippen molar-refractivity contribution < 1.29 is 22.6 Å². The molecule has 1 aliphatic heterocycles. The van der Waals surface area contributed by atoms with Crippen LogP contribution in [0.15, 0.2) is 18.2 Å².